The van der Waals surface area contributed by atoms with Gasteiger partial charge < -0.3 is 9.84 Å². The normalized spacial score (nSPS) is 8.83. The molecule has 0 saturated carbocycles. The maximum Gasteiger partial charge on any atom is 0.342 e. The Bertz CT molecular complexity index is 284. The molecule has 0 bridgehead atoms. The molecule has 1 aromatic heterocycles. The maximum atomic E-state index is 10.5. The van der Waals surface area contributed by atoms with Gasteiger partial charge in [0.2, 0.25) is 5.88 Å². The quantitative estimate of drug-likeness (QED) is 0.743. The number of hydrogen-bond donors (Lipinski definition) is 1. The second-order valence-corrected chi connectivity index (χ2v) is 2.00. The highest BCUT2D eigenvalue weighted by molar-refractivity contribution is 5.89. The molecule has 0 spiro atoms. The van der Waals surface area contributed by atoms with Crippen molar-refractivity contribution in [2.24, 2.45) is 7.05 Å². The van der Waals surface area contributed by atoms with Gasteiger partial charge in [0.05, 0.1) is 13.3 Å². The van der Waals surface area contributed by atoms with Gasteiger partial charge in [0.25, 0.3) is 0 Å². The van der Waals surface area contributed by atoms with Crippen LogP contribution < -0.4 is 4.74 Å². The lowest BCUT2D eigenvalue weighted by atomic mass is 10.3. The van der Waals surface area contributed by atoms with Crippen LogP contribution in [0.3, 0.4) is 0 Å². The van der Waals surface area contributed by atoms with E-state index in [1.54, 1.807) is 7.05 Å². The molecular formula is C6H9ClN2O3. The fourth-order valence-electron chi connectivity index (χ4n) is 0.815. The number of carbonyl (C=O) groups is 1. The second kappa shape index (κ2) is 3.96. The fraction of sp³-hybridized carbons (Fsp3) is 0.333. The molecule has 6 heteroatoms. The van der Waals surface area contributed by atoms with E-state index in [1.807, 2.05) is 0 Å². The number of aromatic carboxylic acids is 1. The van der Waals surface area contributed by atoms with E-state index in [-0.39, 0.29) is 23.9 Å². The molecule has 5 nitrogen and oxygen atoms in total. The van der Waals surface area contributed by atoms with E-state index in [9.17, 15) is 4.79 Å². The predicted molar refractivity (Wildman–Crippen MR) is 44.0 cm³/mol. The van der Waals surface area contributed by atoms with Crippen molar-refractivity contribution >= 4 is 18.4 Å². The Labute approximate surface area is 75.4 Å². The number of hydrogen-bond acceptors (Lipinski definition) is 3. The zero-order valence-corrected chi connectivity index (χ0v) is 7.46. The Balaban J connectivity index is 0.00000121. The van der Waals surface area contributed by atoms with E-state index >= 15 is 0 Å². The van der Waals surface area contributed by atoms with Gasteiger partial charge in [-0.3, -0.25) is 0 Å². The van der Waals surface area contributed by atoms with Crippen LogP contribution in [-0.2, 0) is 7.05 Å². The van der Waals surface area contributed by atoms with Crippen molar-refractivity contribution in [3.05, 3.63) is 11.8 Å². The summed E-state index contributed by atoms with van der Waals surface area (Å²) in [6, 6.07) is 0. The number of ether oxygens (including phenoxy) is 1. The van der Waals surface area contributed by atoms with Crippen LogP contribution in [-0.4, -0.2) is 28.0 Å². The first-order chi connectivity index (χ1) is 5.16. The third kappa shape index (κ3) is 1.68. The summed E-state index contributed by atoms with van der Waals surface area (Å²) < 4.78 is 6.16. The van der Waals surface area contributed by atoms with Gasteiger partial charge in [0.1, 0.15) is 5.56 Å². The number of rotatable bonds is 2. The van der Waals surface area contributed by atoms with Crippen LogP contribution >= 0.6 is 12.4 Å². The molecule has 0 fully saturated rings. The standard InChI is InChI=1S/C6H8N2O3.ClH/c1-8-5(11-2)4(3-7-8)6(9)10;/h3H,1-2H3,(H,9,10);1H. The molecule has 12 heavy (non-hydrogen) atoms. The average Bonchev–Trinajstić information content (AvgIpc) is 2.30. The van der Waals surface area contributed by atoms with E-state index in [4.69, 9.17) is 9.84 Å². The number of methoxy groups -OCH3 is 1. The molecule has 0 atom stereocenters. The van der Waals surface area contributed by atoms with Crippen molar-refractivity contribution in [3.63, 3.8) is 0 Å². The van der Waals surface area contributed by atoms with Gasteiger partial charge in [-0.25, -0.2) is 9.48 Å². The van der Waals surface area contributed by atoms with Crippen molar-refractivity contribution in [1.29, 1.82) is 0 Å². The molecule has 0 aromatic carbocycles. The monoisotopic (exact) mass is 192 g/mol. The predicted octanol–water partition coefficient (Wildman–Crippen LogP) is 0.549. The summed E-state index contributed by atoms with van der Waals surface area (Å²) in [6.45, 7) is 0. The number of halogens is 1. The highest BCUT2D eigenvalue weighted by Gasteiger charge is 2.14. The first-order valence-electron chi connectivity index (χ1n) is 2.96. The van der Waals surface area contributed by atoms with Gasteiger partial charge in [0, 0.05) is 7.05 Å². The van der Waals surface area contributed by atoms with Crippen molar-refractivity contribution in [2.75, 3.05) is 7.11 Å². The summed E-state index contributed by atoms with van der Waals surface area (Å²) >= 11 is 0. The molecule has 1 heterocycles. The SMILES string of the molecule is COc1c(C(=O)O)cnn1C.Cl. The Morgan fingerprint density at radius 1 is 1.75 bits per heavy atom. The third-order valence-corrected chi connectivity index (χ3v) is 1.31. The minimum atomic E-state index is -1.03. The van der Waals surface area contributed by atoms with Gasteiger partial charge in [-0.1, -0.05) is 0 Å². The van der Waals surface area contributed by atoms with Crippen molar-refractivity contribution < 1.29 is 14.6 Å². The molecule has 0 aliphatic carbocycles. The van der Waals surface area contributed by atoms with Gasteiger partial charge in [-0.05, 0) is 0 Å². The first kappa shape index (κ1) is 10.8. The largest absolute Gasteiger partial charge is 0.481 e. The molecular weight excluding hydrogens is 184 g/mol. The van der Waals surface area contributed by atoms with Crippen LogP contribution in [0.25, 0.3) is 0 Å². The van der Waals surface area contributed by atoms with E-state index < -0.39 is 5.97 Å². The molecule has 1 rings (SSSR count). The lowest BCUT2D eigenvalue weighted by Gasteiger charge is -1.99. The molecule has 0 unspecified atom stereocenters. The van der Waals surface area contributed by atoms with Crippen LogP contribution in [0.4, 0.5) is 0 Å². The number of aryl methyl sites for hydroxylation is 1. The van der Waals surface area contributed by atoms with Gasteiger partial charge >= 0.3 is 5.97 Å². The maximum absolute atomic E-state index is 10.5. The minimum absolute atomic E-state index is 0. The van der Waals surface area contributed by atoms with Crippen LogP contribution in [0, 0.1) is 0 Å². The number of nitrogens with zero attached hydrogens (tertiary/aromatic N) is 2. The van der Waals surface area contributed by atoms with Crippen LogP contribution in [0.5, 0.6) is 5.88 Å². The van der Waals surface area contributed by atoms with Gasteiger partial charge in [-0.2, -0.15) is 5.10 Å². The lowest BCUT2D eigenvalue weighted by molar-refractivity contribution is 0.0693. The molecule has 0 amide bonds. The zero-order chi connectivity index (χ0) is 8.43. The number of carboxylic acids is 1. The zero-order valence-electron chi connectivity index (χ0n) is 6.64. The molecule has 68 valence electrons. The summed E-state index contributed by atoms with van der Waals surface area (Å²) in [5.41, 5.74) is 0.0787. The van der Waals surface area contributed by atoms with Crippen LogP contribution in [0.15, 0.2) is 6.20 Å². The Morgan fingerprint density at radius 3 is 2.67 bits per heavy atom. The van der Waals surface area contributed by atoms with Gasteiger partial charge in [0.15, 0.2) is 0 Å². The molecule has 0 aliphatic heterocycles. The van der Waals surface area contributed by atoms with Crippen molar-refractivity contribution in [2.45, 2.75) is 0 Å². The molecule has 0 aliphatic rings. The van der Waals surface area contributed by atoms with E-state index in [0.29, 0.717) is 0 Å². The van der Waals surface area contributed by atoms with Gasteiger partial charge in [-0.15, -0.1) is 12.4 Å². The second-order valence-electron chi connectivity index (χ2n) is 2.00. The summed E-state index contributed by atoms with van der Waals surface area (Å²) in [7, 11) is 3.02. The average molecular weight is 193 g/mol. The topological polar surface area (TPSA) is 64.3 Å². The van der Waals surface area contributed by atoms with E-state index in [1.165, 1.54) is 18.0 Å². The smallest absolute Gasteiger partial charge is 0.342 e. The van der Waals surface area contributed by atoms with Crippen molar-refractivity contribution in [3.8, 4) is 5.88 Å². The highest BCUT2D eigenvalue weighted by Crippen LogP contribution is 2.15. The summed E-state index contributed by atoms with van der Waals surface area (Å²) in [5, 5.41) is 12.3. The summed E-state index contributed by atoms with van der Waals surface area (Å²) in [5.74, 6) is -0.771. The fourth-order valence-corrected chi connectivity index (χ4v) is 0.815. The lowest BCUT2D eigenvalue weighted by Crippen LogP contribution is -2.00. The number of carboxylic acid groups (broad SMARTS) is 1. The molecule has 0 saturated heterocycles. The summed E-state index contributed by atoms with van der Waals surface area (Å²) in [4.78, 5) is 10.5. The molecule has 1 aromatic rings. The van der Waals surface area contributed by atoms with E-state index in [2.05, 4.69) is 5.10 Å². The number of aromatic nitrogens is 2. The third-order valence-electron chi connectivity index (χ3n) is 1.31. The Hall–Kier alpha value is -1.23. The first-order valence-corrected chi connectivity index (χ1v) is 2.96. The highest BCUT2D eigenvalue weighted by atomic mass is 35.5. The minimum Gasteiger partial charge on any atom is -0.481 e. The Morgan fingerprint density at radius 2 is 2.33 bits per heavy atom. The van der Waals surface area contributed by atoms with Crippen LogP contribution in [0.1, 0.15) is 10.4 Å². The Kier molecular flexibility index (Phi) is 3.56. The van der Waals surface area contributed by atoms with E-state index in [0.717, 1.165) is 0 Å². The summed E-state index contributed by atoms with van der Waals surface area (Å²) in [6.07, 6.45) is 1.25. The molecule has 0 radical (unpaired) electrons. The van der Waals surface area contributed by atoms with Crippen LogP contribution in [0.2, 0.25) is 0 Å². The molecule has 1 N–H and O–H groups in total. The van der Waals surface area contributed by atoms with Crippen molar-refractivity contribution in [1.82, 2.24) is 9.78 Å².